The van der Waals surface area contributed by atoms with Crippen molar-refractivity contribution in [2.75, 3.05) is 13.2 Å². The summed E-state index contributed by atoms with van der Waals surface area (Å²) in [7, 11) is 0. The first kappa shape index (κ1) is 24.0. The predicted molar refractivity (Wildman–Crippen MR) is 110 cm³/mol. The molecule has 1 aromatic carbocycles. The van der Waals surface area contributed by atoms with Crippen molar-refractivity contribution in [2.45, 2.75) is 77.9 Å². The van der Waals surface area contributed by atoms with Crippen LogP contribution < -0.4 is 10.1 Å². The molecule has 0 aliphatic carbocycles. The minimum Gasteiger partial charge on any atom is -0.490 e. The Morgan fingerprint density at radius 1 is 1.07 bits per heavy atom. The molecule has 0 saturated carbocycles. The maximum atomic E-state index is 12.0. The van der Waals surface area contributed by atoms with Crippen molar-refractivity contribution in [1.82, 2.24) is 5.32 Å². The molecule has 1 amide bonds. The topological polar surface area (TPSA) is 84.9 Å². The lowest BCUT2D eigenvalue weighted by molar-refractivity contribution is -0.150. The molecule has 158 valence electrons. The second-order valence-corrected chi connectivity index (χ2v) is 7.03. The zero-order chi connectivity index (χ0) is 20.8. The van der Waals surface area contributed by atoms with E-state index in [-0.39, 0.29) is 12.0 Å². The van der Waals surface area contributed by atoms with Gasteiger partial charge in [0, 0.05) is 19.6 Å². The van der Waals surface area contributed by atoms with Crippen LogP contribution >= 0.6 is 0 Å². The smallest absolute Gasteiger partial charge is 0.333 e. The number of amides is 1. The largest absolute Gasteiger partial charge is 0.490 e. The SMILES string of the molecule is CCCCCCCNC(=O)CC(C)Oc1ccc(C[C@H](OCC)C(=O)O)cc1. The Bertz CT molecular complexity index is 573. The number of hydrogen-bond acceptors (Lipinski definition) is 4. The third-order valence-corrected chi connectivity index (χ3v) is 4.40. The molecule has 0 aliphatic rings. The minimum absolute atomic E-state index is 0.000580. The van der Waals surface area contributed by atoms with Gasteiger partial charge in [0.2, 0.25) is 5.91 Å². The Labute approximate surface area is 168 Å². The van der Waals surface area contributed by atoms with Gasteiger partial charge in [0.25, 0.3) is 0 Å². The monoisotopic (exact) mass is 393 g/mol. The number of nitrogens with one attached hydrogen (secondary N) is 1. The van der Waals surface area contributed by atoms with Gasteiger partial charge in [0.15, 0.2) is 6.10 Å². The molecule has 0 fully saturated rings. The lowest BCUT2D eigenvalue weighted by Gasteiger charge is -2.16. The van der Waals surface area contributed by atoms with Gasteiger partial charge < -0.3 is 19.9 Å². The van der Waals surface area contributed by atoms with Crippen molar-refractivity contribution in [2.24, 2.45) is 0 Å². The number of carboxylic acid groups (broad SMARTS) is 1. The third-order valence-electron chi connectivity index (χ3n) is 4.40. The fraction of sp³-hybridized carbons (Fsp3) is 0.636. The van der Waals surface area contributed by atoms with Crippen LogP contribution in [0.25, 0.3) is 0 Å². The zero-order valence-electron chi connectivity index (χ0n) is 17.4. The number of rotatable bonds is 15. The number of benzene rings is 1. The number of aliphatic carboxylic acids is 1. The Kier molecular flexibility index (Phi) is 12.0. The van der Waals surface area contributed by atoms with Crippen LogP contribution in [0.3, 0.4) is 0 Å². The Morgan fingerprint density at radius 3 is 2.36 bits per heavy atom. The van der Waals surface area contributed by atoms with Crippen LogP contribution in [-0.2, 0) is 20.7 Å². The molecule has 0 aromatic heterocycles. The number of carbonyl (C=O) groups is 2. The summed E-state index contributed by atoms with van der Waals surface area (Å²) in [6, 6.07) is 7.24. The first-order chi connectivity index (χ1) is 13.5. The number of ether oxygens (including phenoxy) is 2. The van der Waals surface area contributed by atoms with Crippen LogP contribution in [0.15, 0.2) is 24.3 Å². The molecular formula is C22H35NO5. The van der Waals surface area contributed by atoms with E-state index in [1.54, 1.807) is 19.1 Å². The molecule has 28 heavy (non-hydrogen) atoms. The van der Waals surface area contributed by atoms with E-state index in [4.69, 9.17) is 14.6 Å². The van der Waals surface area contributed by atoms with Crippen LogP contribution in [0, 0.1) is 0 Å². The van der Waals surface area contributed by atoms with Crippen LogP contribution in [0.4, 0.5) is 0 Å². The summed E-state index contributed by atoms with van der Waals surface area (Å²) in [6.45, 7) is 6.90. The summed E-state index contributed by atoms with van der Waals surface area (Å²) in [5.41, 5.74) is 0.863. The van der Waals surface area contributed by atoms with E-state index in [0.717, 1.165) is 18.4 Å². The van der Waals surface area contributed by atoms with Crippen LogP contribution in [-0.4, -0.2) is 42.3 Å². The lowest BCUT2D eigenvalue weighted by atomic mass is 10.1. The first-order valence-corrected chi connectivity index (χ1v) is 10.3. The molecule has 0 bridgehead atoms. The normalized spacial score (nSPS) is 13.0. The number of unbranched alkanes of at least 4 members (excludes halogenated alkanes) is 4. The van der Waals surface area contributed by atoms with Crippen molar-refractivity contribution in [1.29, 1.82) is 0 Å². The quantitative estimate of drug-likeness (QED) is 0.441. The summed E-state index contributed by atoms with van der Waals surface area (Å²) in [6.07, 6.45) is 5.39. The van der Waals surface area contributed by atoms with Gasteiger partial charge in [-0.2, -0.15) is 0 Å². The van der Waals surface area contributed by atoms with E-state index in [1.165, 1.54) is 19.3 Å². The predicted octanol–water partition coefficient (Wildman–Crippen LogP) is 3.96. The molecule has 0 spiro atoms. The summed E-state index contributed by atoms with van der Waals surface area (Å²) in [4.78, 5) is 23.1. The number of carbonyl (C=O) groups excluding carboxylic acids is 1. The van der Waals surface area contributed by atoms with Crippen molar-refractivity contribution in [3.8, 4) is 5.75 Å². The molecule has 2 N–H and O–H groups in total. The Hall–Kier alpha value is -2.08. The van der Waals surface area contributed by atoms with Gasteiger partial charge in [-0.3, -0.25) is 4.79 Å². The van der Waals surface area contributed by atoms with Gasteiger partial charge in [0.1, 0.15) is 11.9 Å². The number of carboxylic acids is 1. The zero-order valence-corrected chi connectivity index (χ0v) is 17.4. The molecule has 1 rings (SSSR count). The van der Waals surface area contributed by atoms with Crippen molar-refractivity contribution >= 4 is 11.9 Å². The molecule has 6 heteroatoms. The van der Waals surface area contributed by atoms with E-state index in [9.17, 15) is 9.59 Å². The maximum absolute atomic E-state index is 12.0. The van der Waals surface area contributed by atoms with E-state index in [2.05, 4.69) is 12.2 Å². The van der Waals surface area contributed by atoms with Gasteiger partial charge in [0.05, 0.1) is 6.42 Å². The molecule has 1 aromatic rings. The average Bonchev–Trinajstić information content (AvgIpc) is 2.65. The summed E-state index contributed by atoms with van der Waals surface area (Å²) in [5.74, 6) is -0.306. The van der Waals surface area contributed by atoms with Crippen molar-refractivity contribution in [3.05, 3.63) is 29.8 Å². The molecule has 1 unspecified atom stereocenters. The molecule has 0 saturated heterocycles. The summed E-state index contributed by atoms with van der Waals surface area (Å²) < 4.78 is 11.0. The number of hydrogen-bond donors (Lipinski definition) is 2. The fourth-order valence-corrected chi connectivity index (χ4v) is 2.90. The minimum atomic E-state index is -0.966. The molecule has 2 atom stereocenters. The molecule has 0 heterocycles. The van der Waals surface area contributed by atoms with Gasteiger partial charge in [-0.05, 0) is 38.0 Å². The van der Waals surface area contributed by atoms with E-state index < -0.39 is 12.1 Å². The first-order valence-electron chi connectivity index (χ1n) is 10.3. The van der Waals surface area contributed by atoms with Crippen molar-refractivity contribution in [3.63, 3.8) is 0 Å². The Balaban J connectivity index is 2.34. The van der Waals surface area contributed by atoms with Gasteiger partial charge in [-0.15, -0.1) is 0 Å². The molecule has 6 nitrogen and oxygen atoms in total. The molecule has 0 aliphatic heterocycles. The van der Waals surface area contributed by atoms with E-state index in [0.29, 0.717) is 31.7 Å². The van der Waals surface area contributed by atoms with Crippen LogP contribution in [0.5, 0.6) is 5.75 Å². The van der Waals surface area contributed by atoms with Crippen molar-refractivity contribution < 1.29 is 24.2 Å². The van der Waals surface area contributed by atoms with E-state index in [1.807, 2.05) is 19.1 Å². The van der Waals surface area contributed by atoms with Gasteiger partial charge >= 0.3 is 5.97 Å². The van der Waals surface area contributed by atoms with E-state index >= 15 is 0 Å². The summed E-state index contributed by atoms with van der Waals surface area (Å²) >= 11 is 0. The molecular weight excluding hydrogens is 358 g/mol. The Morgan fingerprint density at radius 2 is 1.75 bits per heavy atom. The third kappa shape index (κ3) is 10.3. The van der Waals surface area contributed by atoms with Gasteiger partial charge in [-0.1, -0.05) is 44.7 Å². The fourth-order valence-electron chi connectivity index (χ4n) is 2.90. The highest BCUT2D eigenvalue weighted by Crippen LogP contribution is 2.17. The highest BCUT2D eigenvalue weighted by Gasteiger charge is 2.18. The highest BCUT2D eigenvalue weighted by molar-refractivity contribution is 5.76. The average molecular weight is 394 g/mol. The second-order valence-electron chi connectivity index (χ2n) is 7.03. The standard InChI is InChI=1S/C22H35NO5/c1-4-6-7-8-9-14-23-21(24)15-17(3)28-19-12-10-18(11-13-19)16-20(22(25)26)27-5-2/h10-13,17,20H,4-9,14-16H2,1-3H3,(H,23,24)(H,25,26)/t17?,20-/m0/s1. The van der Waals surface area contributed by atoms with Crippen LogP contribution in [0.1, 0.15) is 64.9 Å². The molecule has 0 radical (unpaired) electrons. The van der Waals surface area contributed by atoms with Gasteiger partial charge in [-0.25, -0.2) is 4.79 Å². The summed E-state index contributed by atoms with van der Waals surface area (Å²) in [5, 5.41) is 12.1. The second kappa shape index (κ2) is 14.0. The maximum Gasteiger partial charge on any atom is 0.333 e. The van der Waals surface area contributed by atoms with Crippen LogP contribution in [0.2, 0.25) is 0 Å². The highest BCUT2D eigenvalue weighted by atomic mass is 16.5. The lowest BCUT2D eigenvalue weighted by Crippen LogP contribution is -2.29.